The van der Waals surface area contributed by atoms with Crippen molar-refractivity contribution in [2.24, 2.45) is 0 Å². The van der Waals surface area contributed by atoms with Gasteiger partial charge in [0.25, 0.3) is 0 Å². The maximum atomic E-state index is 9.20. The Labute approximate surface area is 106 Å². The lowest BCUT2D eigenvalue weighted by atomic mass is 10.1. The molecule has 17 heavy (non-hydrogen) atoms. The summed E-state index contributed by atoms with van der Waals surface area (Å²) in [5, 5.41) is 10.5. The molecule has 1 aromatic rings. The summed E-state index contributed by atoms with van der Waals surface area (Å²) in [5.74, 6) is 0. The molecule has 0 aliphatic carbocycles. The van der Waals surface area contributed by atoms with Crippen LogP contribution in [-0.4, -0.2) is 22.9 Å². The molecule has 2 unspecified atom stereocenters. The number of aryl methyl sites for hydroxylation is 2. The van der Waals surface area contributed by atoms with E-state index in [1.807, 2.05) is 19.9 Å². The topological polar surface area (TPSA) is 45.9 Å². The normalized spacial score (nSPS) is 23.6. The van der Waals surface area contributed by atoms with Gasteiger partial charge >= 0.3 is 0 Å². The molecule has 90 valence electrons. The summed E-state index contributed by atoms with van der Waals surface area (Å²) in [6, 6.07) is 4.21. The fraction of sp³-hybridized carbons (Fsp3) is 0.538. The zero-order chi connectivity index (χ0) is 12.4. The molecule has 1 saturated heterocycles. The van der Waals surface area contributed by atoms with Crippen molar-refractivity contribution in [3.8, 4) is 6.07 Å². The van der Waals surface area contributed by atoms with E-state index in [-0.39, 0.29) is 6.10 Å². The van der Waals surface area contributed by atoms with Crippen molar-refractivity contribution in [3.63, 3.8) is 0 Å². The van der Waals surface area contributed by atoms with E-state index >= 15 is 0 Å². The predicted molar refractivity (Wildman–Crippen MR) is 68.1 cm³/mol. The number of hydrogen-bond donors (Lipinski definition) is 0. The van der Waals surface area contributed by atoms with Gasteiger partial charge in [-0.2, -0.15) is 5.26 Å². The Kier molecular flexibility index (Phi) is 3.70. The van der Waals surface area contributed by atoms with Gasteiger partial charge in [0.2, 0.25) is 0 Å². The molecule has 0 saturated carbocycles. The predicted octanol–water partition coefficient (Wildman–Crippen LogP) is 2.84. The van der Waals surface area contributed by atoms with Gasteiger partial charge in [-0.1, -0.05) is 11.8 Å². The van der Waals surface area contributed by atoms with Crippen molar-refractivity contribution < 1.29 is 4.74 Å². The summed E-state index contributed by atoms with van der Waals surface area (Å²) in [4.78, 5) is 4.49. The van der Waals surface area contributed by atoms with Crippen molar-refractivity contribution in [1.29, 1.82) is 5.26 Å². The van der Waals surface area contributed by atoms with Gasteiger partial charge in [0.15, 0.2) is 0 Å². The Morgan fingerprint density at radius 3 is 2.88 bits per heavy atom. The Morgan fingerprint density at radius 1 is 1.53 bits per heavy atom. The van der Waals surface area contributed by atoms with Crippen LogP contribution in [0.2, 0.25) is 0 Å². The molecule has 1 aliphatic heterocycles. The highest BCUT2D eigenvalue weighted by Gasteiger charge is 2.26. The highest BCUT2D eigenvalue weighted by molar-refractivity contribution is 8.00. The quantitative estimate of drug-likeness (QED) is 0.807. The first-order chi connectivity index (χ1) is 8.11. The van der Waals surface area contributed by atoms with E-state index in [4.69, 9.17) is 4.74 Å². The summed E-state index contributed by atoms with van der Waals surface area (Å²) in [7, 11) is 0. The van der Waals surface area contributed by atoms with Crippen molar-refractivity contribution in [3.05, 3.63) is 22.9 Å². The third-order valence-electron chi connectivity index (χ3n) is 2.99. The second-order valence-corrected chi connectivity index (χ2v) is 5.62. The Bertz CT molecular complexity index is 467. The fourth-order valence-electron chi connectivity index (χ4n) is 2.03. The number of ether oxygens (including phenoxy) is 1. The molecular weight excluding hydrogens is 232 g/mol. The monoisotopic (exact) mass is 248 g/mol. The molecule has 2 heterocycles. The molecule has 1 aromatic heterocycles. The van der Waals surface area contributed by atoms with Crippen molar-refractivity contribution >= 4 is 11.8 Å². The average Bonchev–Trinajstić information content (AvgIpc) is 2.64. The fourth-order valence-corrected chi connectivity index (χ4v) is 3.33. The summed E-state index contributed by atoms with van der Waals surface area (Å²) in [5.41, 5.74) is 2.68. The molecule has 0 N–H and O–H groups in total. The molecule has 0 radical (unpaired) electrons. The van der Waals surface area contributed by atoms with Crippen molar-refractivity contribution in [2.75, 3.05) is 6.61 Å². The van der Waals surface area contributed by atoms with Crippen LogP contribution in [0.15, 0.2) is 11.1 Å². The molecule has 1 aliphatic rings. The first-order valence-electron chi connectivity index (χ1n) is 5.78. The van der Waals surface area contributed by atoms with Crippen LogP contribution in [-0.2, 0) is 4.74 Å². The molecule has 0 aromatic carbocycles. The van der Waals surface area contributed by atoms with Gasteiger partial charge in [-0.25, -0.2) is 4.98 Å². The van der Waals surface area contributed by atoms with Gasteiger partial charge in [-0.3, -0.25) is 0 Å². The van der Waals surface area contributed by atoms with Crippen LogP contribution in [0.25, 0.3) is 0 Å². The minimum atomic E-state index is 0.245. The highest BCUT2D eigenvalue weighted by Crippen LogP contribution is 2.34. The van der Waals surface area contributed by atoms with Gasteiger partial charge in [0.1, 0.15) is 11.1 Å². The van der Waals surface area contributed by atoms with E-state index in [9.17, 15) is 5.26 Å². The molecule has 4 heteroatoms. The van der Waals surface area contributed by atoms with E-state index in [1.165, 1.54) is 0 Å². The minimum Gasteiger partial charge on any atom is -0.377 e. The molecule has 3 nitrogen and oxygen atoms in total. The number of rotatable bonds is 2. The Hall–Kier alpha value is -1.05. The van der Waals surface area contributed by atoms with Gasteiger partial charge in [0.05, 0.1) is 11.7 Å². The number of nitrogens with zero attached hydrogens (tertiary/aromatic N) is 2. The standard InChI is InChI=1S/C13H16N2OS/c1-8-6-9(2)15-13(11(8)7-14)17-12-4-5-16-10(12)3/h6,10,12H,4-5H2,1-3H3. The van der Waals surface area contributed by atoms with Crippen LogP contribution in [0.3, 0.4) is 0 Å². The van der Waals surface area contributed by atoms with Crippen molar-refractivity contribution in [1.82, 2.24) is 4.98 Å². The zero-order valence-corrected chi connectivity index (χ0v) is 11.2. The van der Waals surface area contributed by atoms with Gasteiger partial charge in [-0.15, -0.1) is 0 Å². The average molecular weight is 248 g/mol. The smallest absolute Gasteiger partial charge is 0.115 e. The van der Waals surface area contributed by atoms with E-state index in [1.54, 1.807) is 11.8 Å². The van der Waals surface area contributed by atoms with Gasteiger partial charge < -0.3 is 4.74 Å². The molecule has 1 fully saturated rings. The lowest BCUT2D eigenvalue weighted by molar-refractivity contribution is 0.127. The van der Waals surface area contributed by atoms with Gasteiger partial charge in [-0.05, 0) is 38.8 Å². The van der Waals surface area contributed by atoms with Crippen molar-refractivity contribution in [2.45, 2.75) is 43.6 Å². The lowest BCUT2D eigenvalue weighted by Gasteiger charge is -2.14. The minimum absolute atomic E-state index is 0.245. The highest BCUT2D eigenvalue weighted by atomic mass is 32.2. The maximum Gasteiger partial charge on any atom is 0.115 e. The van der Waals surface area contributed by atoms with Crippen LogP contribution >= 0.6 is 11.8 Å². The molecule has 2 atom stereocenters. The first-order valence-corrected chi connectivity index (χ1v) is 6.66. The van der Waals surface area contributed by atoms with Gasteiger partial charge in [0, 0.05) is 17.6 Å². The molecule has 0 amide bonds. The second kappa shape index (κ2) is 5.07. The van der Waals surface area contributed by atoms with Crippen LogP contribution in [0.1, 0.15) is 30.2 Å². The molecular formula is C13H16N2OS. The summed E-state index contributed by atoms with van der Waals surface area (Å²) in [6.07, 6.45) is 1.28. The zero-order valence-electron chi connectivity index (χ0n) is 10.4. The van der Waals surface area contributed by atoms with E-state index < -0.39 is 0 Å². The number of thioether (sulfide) groups is 1. The summed E-state index contributed by atoms with van der Waals surface area (Å²) < 4.78 is 5.54. The summed E-state index contributed by atoms with van der Waals surface area (Å²) >= 11 is 1.68. The number of hydrogen-bond acceptors (Lipinski definition) is 4. The van der Waals surface area contributed by atoms with Crippen LogP contribution < -0.4 is 0 Å². The number of nitriles is 1. The lowest BCUT2D eigenvalue weighted by Crippen LogP contribution is -2.14. The third kappa shape index (κ3) is 2.62. The largest absolute Gasteiger partial charge is 0.377 e. The number of aromatic nitrogens is 1. The summed E-state index contributed by atoms with van der Waals surface area (Å²) in [6.45, 7) is 6.82. The molecule has 2 rings (SSSR count). The van der Waals surface area contributed by atoms with Crippen LogP contribution in [0.5, 0.6) is 0 Å². The second-order valence-electron chi connectivity index (χ2n) is 4.39. The molecule has 0 spiro atoms. The third-order valence-corrected chi connectivity index (χ3v) is 4.43. The van der Waals surface area contributed by atoms with E-state index in [0.717, 1.165) is 29.3 Å². The number of pyridine rings is 1. The van der Waals surface area contributed by atoms with Crippen LogP contribution in [0, 0.1) is 25.2 Å². The van der Waals surface area contributed by atoms with E-state index in [0.29, 0.717) is 10.8 Å². The maximum absolute atomic E-state index is 9.20. The SMILES string of the molecule is Cc1cc(C)c(C#N)c(SC2CCOC2C)n1. The Morgan fingerprint density at radius 2 is 2.29 bits per heavy atom. The van der Waals surface area contributed by atoms with E-state index in [2.05, 4.69) is 18.0 Å². The molecule has 0 bridgehead atoms. The Balaban J connectivity index is 2.29. The first kappa shape index (κ1) is 12.4. The van der Waals surface area contributed by atoms with Crippen LogP contribution in [0.4, 0.5) is 0 Å².